The van der Waals surface area contributed by atoms with Gasteiger partial charge in [-0.1, -0.05) is 49.4 Å². The largest absolute Gasteiger partial charge is 0.273 e. The van der Waals surface area contributed by atoms with Crippen molar-refractivity contribution in [3.8, 4) is 0 Å². The third-order valence-electron chi connectivity index (χ3n) is 4.30. The fourth-order valence-corrected chi connectivity index (χ4v) is 2.89. The van der Waals surface area contributed by atoms with Crippen LogP contribution in [-0.4, -0.2) is 21.6 Å². The number of carbonyl (C=O) groups is 2. The molecule has 7 heteroatoms. The lowest BCUT2D eigenvalue weighted by Gasteiger charge is -2.10. The minimum absolute atomic E-state index is 0.0362. The summed E-state index contributed by atoms with van der Waals surface area (Å²) in [7, 11) is 0. The zero-order valence-electron chi connectivity index (χ0n) is 15.5. The molecule has 0 radical (unpaired) electrons. The number of hydrogen-bond donors (Lipinski definition) is 2. The molecule has 3 rings (SSSR count). The second-order valence-electron chi connectivity index (χ2n) is 6.31. The van der Waals surface area contributed by atoms with E-state index in [4.69, 9.17) is 0 Å². The third-order valence-corrected chi connectivity index (χ3v) is 4.30. The molecule has 0 saturated carbocycles. The summed E-state index contributed by atoms with van der Waals surface area (Å²) in [5, 5.41) is 4.31. The van der Waals surface area contributed by atoms with Crippen LogP contribution in [0, 0.1) is 5.82 Å². The summed E-state index contributed by atoms with van der Waals surface area (Å²) in [5.41, 5.74) is 7.74. The Morgan fingerprint density at radius 2 is 1.71 bits per heavy atom. The van der Waals surface area contributed by atoms with Gasteiger partial charge >= 0.3 is 0 Å². The second kappa shape index (κ2) is 8.94. The summed E-state index contributed by atoms with van der Waals surface area (Å²) in [6.45, 7) is 2.51. The molecule has 0 spiro atoms. The first-order valence-electron chi connectivity index (χ1n) is 8.99. The van der Waals surface area contributed by atoms with Gasteiger partial charge in [0.05, 0.1) is 30.4 Å². The number of nitrogens with one attached hydrogen (secondary N) is 2. The van der Waals surface area contributed by atoms with Crippen molar-refractivity contribution in [1.29, 1.82) is 0 Å². The first kappa shape index (κ1) is 19.3. The van der Waals surface area contributed by atoms with Crippen molar-refractivity contribution in [1.82, 2.24) is 20.6 Å². The quantitative estimate of drug-likeness (QED) is 0.646. The van der Waals surface area contributed by atoms with Gasteiger partial charge in [0, 0.05) is 0 Å². The van der Waals surface area contributed by atoms with Gasteiger partial charge in [-0.25, -0.2) is 4.39 Å². The molecule has 0 unspecified atom stereocenters. The smallest absolute Gasteiger partial charge is 0.273 e. The molecule has 144 valence electrons. The predicted octanol–water partition coefficient (Wildman–Crippen LogP) is 2.64. The van der Waals surface area contributed by atoms with E-state index in [1.807, 2.05) is 37.3 Å². The highest BCUT2D eigenvalue weighted by atomic mass is 19.1. The molecule has 3 aromatic rings. The standard InChI is InChI=1S/C21H21FN4O2/c1-2-19-18(13-23-26(19)14-16-6-4-3-5-7-16)21(28)25-24-20(27)12-15-8-10-17(22)11-9-15/h3-11,13H,2,12,14H2,1H3,(H,24,27)(H,25,28). The molecular formula is C21H21FN4O2. The topological polar surface area (TPSA) is 76.0 Å². The Labute approximate surface area is 162 Å². The number of carbonyl (C=O) groups excluding carboxylic acids is 2. The Balaban J connectivity index is 1.61. The van der Waals surface area contributed by atoms with Crippen LogP contribution in [0.3, 0.4) is 0 Å². The zero-order chi connectivity index (χ0) is 19.9. The van der Waals surface area contributed by atoms with Crippen molar-refractivity contribution in [2.75, 3.05) is 0 Å². The maximum absolute atomic E-state index is 12.9. The van der Waals surface area contributed by atoms with Gasteiger partial charge < -0.3 is 0 Å². The Hall–Kier alpha value is -3.48. The summed E-state index contributed by atoms with van der Waals surface area (Å²) in [6, 6.07) is 15.5. The molecule has 0 atom stereocenters. The minimum Gasteiger partial charge on any atom is -0.273 e. The fourth-order valence-electron chi connectivity index (χ4n) is 2.89. The molecule has 2 N–H and O–H groups in total. The molecule has 0 bridgehead atoms. The number of benzene rings is 2. The average Bonchev–Trinajstić information content (AvgIpc) is 3.11. The SMILES string of the molecule is CCc1c(C(=O)NNC(=O)Cc2ccc(F)cc2)cnn1Cc1ccccc1. The average molecular weight is 380 g/mol. The van der Waals surface area contributed by atoms with E-state index in [1.54, 1.807) is 4.68 Å². The van der Waals surface area contributed by atoms with Crippen LogP contribution in [-0.2, 0) is 24.2 Å². The molecule has 0 saturated heterocycles. The highest BCUT2D eigenvalue weighted by Crippen LogP contribution is 2.12. The molecule has 28 heavy (non-hydrogen) atoms. The molecular weight excluding hydrogens is 359 g/mol. The van der Waals surface area contributed by atoms with Crippen molar-refractivity contribution in [3.05, 3.63) is 89.0 Å². The van der Waals surface area contributed by atoms with E-state index < -0.39 is 11.8 Å². The van der Waals surface area contributed by atoms with Gasteiger partial charge in [-0.15, -0.1) is 0 Å². The number of rotatable bonds is 6. The monoisotopic (exact) mass is 380 g/mol. The summed E-state index contributed by atoms with van der Waals surface area (Å²) in [4.78, 5) is 24.5. The Bertz CT molecular complexity index is 952. The van der Waals surface area contributed by atoms with E-state index in [0.29, 0.717) is 24.1 Å². The highest BCUT2D eigenvalue weighted by Gasteiger charge is 2.17. The molecule has 1 heterocycles. The fraction of sp³-hybridized carbons (Fsp3) is 0.190. The summed E-state index contributed by atoms with van der Waals surface area (Å²) < 4.78 is 14.7. The second-order valence-corrected chi connectivity index (χ2v) is 6.31. The number of halogens is 1. The molecule has 0 aliphatic rings. The Morgan fingerprint density at radius 3 is 2.39 bits per heavy atom. The van der Waals surface area contributed by atoms with Crippen LogP contribution < -0.4 is 10.9 Å². The van der Waals surface area contributed by atoms with E-state index >= 15 is 0 Å². The van der Waals surface area contributed by atoms with Crippen LogP contribution in [0.25, 0.3) is 0 Å². The van der Waals surface area contributed by atoms with E-state index in [-0.39, 0.29) is 12.2 Å². The molecule has 2 amide bonds. The van der Waals surface area contributed by atoms with Gasteiger partial charge in [0.1, 0.15) is 5.82 Å². The van der Waals surface area contributed by atoms with Crippen LogP contribution in [0.15, 0.2) is 60.8 Å². The van der Waals surface area contributed by atoms with Crippen LogP contribution in [0.4, 0.5) is 4.39 Å². The van der Waals surface area contributed by atoms with E-state index in [1.165, 1.54) is 30.5 Å². The zero-order valence-corrected chi connectivity index (χ0v) is 15.5. The van der Waals surface area contributed by atoms with Crippen LogP contribution >= 0.6 is 0 Å². The number of nitrogens with zero attached hydrogens (tertiary/aromatic N) is 2. The van der Waals surface area contributed by atoms with Crippen LogP contribution in [0.5, 0.6) is 0 Å². The van der Waals surface area contributed by atoms with Gasteiger partial charge in [0.25, 0.3) is 5.91 Å². The first-order chi connectivity index (χ1) is 13.6. The summed E-state index contributed by atoms with van der Waals surface area (Å²) in [5.74, 6) is -1.18. The van der Waals surface area contributed by atoms with E-state index in [9.17, 15) is 14.0 Å². The van der Waals surface area contributed by atoms with Gasteiger partial charge in [0.15, 0.2) is 0 Å². The maximum Gasteiger partial charge on any atom is 0.273 e. The third kappa shape index (κ3) is 4.82. The van der Waals surface area contributed by atoms with Gasteiger partial charge in [-0.05, 0) is 29.7 Å². The first-order valence-corrected chi connectivity index (χ1v) is 8.99. The van der Waals surface area contributed by atoms with Gasteiger partial charge in [0.2, 0.25) is 5.91 Å². The van der Waals surface area contributed by atoms with E-state index in [2.05, 4.69) is 16.0 Å². The minimum atomic E-state index is -0.427. The van der Waals surface area contributed by atoms with Gasteiger partial charge in [-0.3, -0.25) is 25.1 Å². The molecule has 0 aliphatic heterocycles. The number of hydrogen-bond acceptors (Lipinski definition) is 3. The number of aromatic nitrogens is 2. The van der Waals surface area contributed by atoms with Crippen molar-refractivity contribution < 1.29 is 14.0 Å². The van der Waals surface area contributed by atoms with Crippen LogP contribution in [0.2, 0.25) is 0 Å². The van der Waals surface area contributed by atoms with Gasteiger partial charge in [-0.2, -0.15) is 5.10 Å². The molecule has 2 aromatic carbocycles. The lowest BCUT2D eigenvalue weighted by atomic mass is 10.1. The van der Waals surface area contributed by atoms with E-state index in [0.717, 1.165) is 11.3 Å². The predicted molar refractivity (Wildman–Crippen MR) is 103 cm³/mol. The highest BCUT2D eigenvalue weighted by molar-refractivity contribution is 5.96. The normalized spacial score (nSPS) is 10.5. The molecule has 1 aromatic heterocycles. The van der Waals surface area contributed by atoms with Crippen molar-refractivity contribution in [2.24, 2.45) is 0 Å². The van der Waals surface area contributed by atoms with Crippen LogP contribution in [0.1, 0.15) is 34.1 Å². The van der Waals surface area contributed by atoms with Crippen molar-refractivity contribution >= 4 is 11.8 Å². The molecule has 0 aliphatic carbocycles. The summed E-state index contributed by atoms with van der Waals surface area (Å²) in [6.07, 6.45) is 2.16. The van der Waals surface area contributed by atoms with Crippen molar-refractivity contribution in [2.45, 2.75) is 26.3 Å². The molecule has 6 nitrogen and oxygen atoms in total. The number of hydrazine groups is 1. The van der Waals surface area contributed by atoms with Crippen molar-refractivity contribution in [3.63, 3.8) is 0 Å². The lowest BCUT2D eigenvalue weighted by molar-refractivity contribution is -0.121. The Morgan fingerprint density at radius 1 is 1.00 bits per heavy atom. The Kier molecular flexibility index (Phi) is 6.16. The maximum atomic E-state index is 12.9. The number of amides is 2. The lowest BCUT2D eigenvalue weighted by Crippen LogP contribution is -2.42. The molecule has 0 fully saturated rings. The summed E-state index contributed by atoms with van der Waals surface area (Å²) >= 11 is 0.